The minimum absolute atomic E-state index is 0.245. The molecule has 0 bridgehead atoms. The van der Waals surface area contributed by atoms with E-state index in [9.17, 15) is 38.7 Å². The lowest BCUT2D eigenvalue weighted by atomic mass is 9.99. The smallest absolute Gasteiger partial charge is 0.394 e. The number of carbonyl (C=O) groups is 1. The lowest BCUT2D eigenvalue weighted by Crippen LogP contribution is -2.61. The number of aliphatic hydroxyl groups excluding tert-OH is 5. The molecule has 0 aromatic rings. The molecule has 0 radical (unpaired) electrons. The Morgan fingerprint density at radius 2 is 1.12 bits per heavy atom. The maximum Gasteiger partial charge on any atom is 0.397 e. The summed E-state index contributed by atoms with van der Waals surface area (Å²) in [6.45, 7) is 3.18. The highest BCUT2D eigenvalue weighted by molar-refractivity contribution is 7.80. The van der Waals surface area contributed by atoms with Crippen LogP contribution in [0.2, 0.25) is 0 Å². The van der Waals surface area contributed by atoms with Gasteiger partial charge in [0.15, 0.2) is 6.29 Å². The van der Waals surface area contributed by atoms with E-state index in [4.69, 9.17) is 14.0 Å². The zero-order chi connectivity index (χ0) is 42.9. The van der Waals surface area contributed by atoms with Crippen molar-refractivity contribution in [1.29, 1.82) is 0 Å². The van der Waals surface area contributed by atoms with Crippen molar-refractivity contribution >= 4 is 16.3 Å². The predicted molar refractivity (Wildman–Crippen MR) is 228 cm³/mol. The molecule has 1 fully saturated rings. The molecule has 13 nitrogen and oxygen atoms in total. The van der Waals surface area contributed by atoms with E-state index in [1.165, 1.54) is 134 Å². The van der Waals surface area contributed by atoms with Crippen molar-refractivity contribution in [2.75, 3.05) is 13.2 Å². The first kappa shape index (κ1) is 54.8. The van der Waals surface area contributed by atoms with Gasteiger partial charge in [0.25, 0.3) is 0 Å². The highest BCUT2D eigenvalue weighted by Crippen LogP contribution is 2.26. The van der Waals surface area contributed by atoms with E-state index in [0.29, 0.717) is 12.8 Å². The second-order valence-corrected chi connectivity index (χ2v) is 17.5. The molecular weight excluding hydrogens is 767 g/mol. The molecular formula is C44H85NO12S. The lowest BCUT2D eigenvalue weighted by molar-refractivity contribution is -0.298. The summed E-state index contributed by atoms with van der Waals surface area (Å²) in [7, 11) is -5.11. The van der Waals surface area contributed by atoms with Gasteiger partial charge in [-0.25, -0.2) is 4.18 Å². The van der Waals surface area contributed by atoms with Crippen molar-refractivity contribution in [3.63, 3.8) is 0 Å². The summed E-state index contributed by atoms with van der Waals surface area (Å²) in [5.41, 5.74) is 0. The molecule has 14 heteroatoms. The number of aliphatic hydroxyl groups is 5. The van der Waals surface area contributed by atoms with Gasteiger partial charge in [0.05, 0.1) is 25.4 Å². The highest BCUT2D eigenvalue weighted by atomic mass is 32.3. The summed E-state index contributed by atoms with van der Waals surface area (Å²) in [5.74, 6) is -0.704. The number of carbonyl (C=O) groups excluding carboxylic acids is 1. The third-order valence-corrected chi connectivity index (χ3v) is 11.6. The summed E-state index contributed by atoms with van der Waals surface area (Å²) >= 11 is 0. The fourth-order valence-electron chi connectivity index (χ4n) is 7.46. The van der Waals surface area contributed by atoms with E-state index >= 15 is 0 Å². The Bertz CT molecular complexity index is 1110. The number of hydrogen-bond acceptors (Lipinski definition) is 11. The Labute approximate surface area is 352 Å². The van der Waals surface area contributed by atoms with Crippen LogP contribution >= 0.6 is 0 Å². The molecule has 0 saturated carbocycles. The lowest BCUT2D eigenvalue weighted by Gasteiger charge is -2.41. The Balaban J connectivity index is 2.51. The molecule has 1 heterocycles. The molecule has 0 aromatic heterocycles. The summed E-state index contributed by atoms with van der Waals surface area (Å²) in [4.78, 5) is 13.0. The summed E-state index contributed by atoms with van der Waals surface area (Å²) < 4.78 is 47.4. The number of allylic oxidation sites excluding steroid dienone is 1. The zero-order valence-electron chi connectivity index (χ0n) is 36.2. The molecule has 1 aliphatic rings. The van der Waals surface area contributed by atoms with Crippen LogP contribution in [0.25, 0.3) is 0 Å². The number of rotatable bonds is 39. The molecule has 0 spiro atoms. The topological polar surface area (TPSA) is 212 Å². The van der Waals surface area contributed by atoms with Gasteiger partial charge in [0.1, 0.15) is 30.5 Å². The van der Waals surface area contributed by atoms with E-state index in [0.717, 1.165) is 38.5 Å². The molecule has 1 rings (SSSR count). The number of unbranched alkanes of at least 4 members (excludes halogenated alkanes) is 26. The van der Waals surface area contributed by atoms with Gasteiger partial charge in [-0.05, 0) is 19.3 Å². The Kier molecular flexibility index (Phi) is 33.5. The average molecular weight is 852 g/mol. The van der Waals surface area contributed by atoms with E-state index in [1.54, 1.807) is 0 Å². The molecule has 8 atom stereocenters. The van der Waals surface area contributed by atoms with Gasteiger partial charge in [-0.2, -0.15) is 8.42 Å². The Morgan fingerprint density at radius 3 is 1.55 bits per heavy atom. The van der Waals surface area contributed by atoms with E-state index in [-0.39, 0.29) is 6.42 Å². The second kappa shape index (κ2) is 35.4. The van der Waals surface area contributed by atoms with Gasteiger partial charge in [-0.3, -0.25) is 9.35 Å². The Morgan fingerprint density at radius 1 is 0.690 bits per heavy atom. The number of hydrogen-bond donors (Lipinski definition) is 7. The van der Waals surface area contributed by atoms with Gasteiger partial charge >= 0.3 is 10.4 Å². The summed E-state index contributed by atoms with van der Waals surface area (Å²) in [5, 5.41) is 55.0. The average Bonchev–Trinajstić information content (AvgIpc) is 3.19. The standard InChI is InChI=1S/C44H85NO12S/c1-3-5-7-9-11-13-14-15-16-17-18-19-20-21-22-23-24-25-27-28-30-32-37(47)36(45-43(51)38(48)33-31-29-26-12-10-8-6-4-2)35-55-44-41(50)42(57-58(52,53)54)40(49)39(34-46)56-44/h30,32,36-42,44,46-50H,3-29,31,33-35H2,1-2H3,(H,45,51)(H,52,53,54)/b32-30+. The third-order valence-electron chi connectivity index (χ3n) is 11.2. The molecule has 0 aliphatic carbocycles. The van der Waals surface area contributed by atoms with Crippen molar-refractivity contribution in [3.8, 4) is 0 Å². The van der Waals surface area contributed by atoms with Gasteiger partial charge in [-0.15, -0.1) is 0 Å². The first-order valence-electron chi connectivity index (χ1n) is 23.2. The number of amides is 1. The van der Waals surface area contributed by atoms with Crippen LogP contribution in [0.3, 0.4) is 0 Å². The molecule has 58 heavy (non-hydrogen) atoms. The van der Waals surface area contributed by atoms with Crippen LogP contribution in [0.4, 0.5) is 0 Å². The van der Waals surface area contributed by atoms with Crippen LogP contribution in [0, 0.1) is 0 Å². The number of ether oxygens (including phenoxy) is 2. The number of nitrogens with one attached hydrogen (secondary N) is 1. The van der Waals surface area contributed by atoms with Crippen molar-refractivity contribution in [2.45, 2.75) is 249 Å². The highest BCUT2D eigenvalue weighted by Gasteiger charge is 2.48. The molecule has 1 saturated heterocycles. The van der Waals surface area contributed by atoms with Crippen LogP contribution in [0.1, 0.15) is 200 Å². The first-order chi connectivity index (χ1) is 27.9. The molecule has 1 amide bonds. The minimum atomic E-state index is -5.11. The zero-order valence-corrected chi connectivity index (χ0v) is 37.1. The monoisotopic (exact) mass is 852 g/mol. The van der Waals surface area contributed by atoms with Crippen LogP contribution in [0.15, 0.2) is 12.2 Å². The fourth-order valence-corrected chi connectivity index (χ4v) is 7.97. The first-order valence-corrected chi connectivity index (χ1v) is 24.5. The largest absolute Gasteiger partial charge is 0.397 e. The van der Waals surface area contributed by atoms with E-state index < -0.39 is 78.5 Å². The second-order valence-electron chi connectivity index (χ2n) is 16.5. The quantitative estimate of drug-likeness (QED) is 0.0180. The van der Waals surface area contributed by atoms with Crippen LogP contribution in [-0.2, 0) is 28.9 Å². The van der Waals surface area contributed by atoms with E-state index in [2.05, 4.69) is 23.3 Å². The maximum absolute atomic E-state index is 13.0. The van der Waals surface area contributed by atoms with Crippen LogP contribution < -0.4 is 5.32 Å². The van der Waals surface area contributed by atoms with Crippen molar-refractivity contribution in [3.05, 3.63) is 12.2 Å². The van der Waals surface area contributed by atoms with Gasteiger partial charge in [0, 0.05) is 0 Å². The molecule has 7 N–H and O–H groups in total. The normalized spacial score (nSPS) is 21.7. The fraction of sp³-hybridized carbons (Fsp3) is 0.932. The van der Waals surface area contributed by atoms with Gasteiger partial charge < -0.3 is 40.3 Å². The summed E-state index contributed by atoms with van der Waals surface area (Å²) in [6, 6.07) is -1.11. The predicted octanol–water partition coefficient (Wildman–Crippen LogP) is 7.75. The van der Waals surface area contributed by atoms with E-state index in [1.807, 2.05) is 6.08 Å². The van der Waals surface area contributed by atoms with Crippen molar-refractivity contribution in [2.24, 2.45) is 0 Å². The SMILES string of the molecule is CCCCCCCCCCCCCCCCCCCCC/C=C/C(O)C(COC1OC(CO)C(O)C(OS(=O)(=O)O)C1O)NC(=O)C(O)CCCCCCCCCC. The molecule has 0 aromatic carbocycles. The van der Waals surface area contributed by atoms with Gasteiger partial charge in [-0.1, -0.05) is 193 Å². The van der Waals surface area contributed by atoms with Crippen molar-refractivity contribution < 1.29 is 57.0 Å². The maximum atomic E-state index is 13.0. The minimum Gasteiger partial charge on any atom is -0.394 e. The molecule has 1 aliphatic heterocycles. The molecule has 344 valence electrons. The Hall–Kier alpha value is -1.20. The van der Waals surface area contributed by atoms with Gasteiger partial charge in [0.2, 0.25) is 5.91 Å². The van der Waals surface area contributed by atoms with Crippen LogP contribution in [-0.4, -0.2) is 107 Å². The third kappa shape index (κ3) is 27.6. The van der Waals surface area contributed by atoms with Crippen molar-refractivity contribution in [1.82, 2.24) is 5.32 Å². The van der Waals surface area contributed by atoms with Crippen LogP contribution in [0.5, 0.6) is 0 Å². The molecule has 8 unspecified atom stereocenters. The summed E-state index contributed by atoms with van der Waals surface area (Å²) in [6.07, 6.45) is 26.1.